The summed E-state index contributed by atoms with van der Waals surface area (Å²) in [6.07, 6.45) is -0.519. The second-order valence-corrected chi connectivity index (χ2v) is 10.2. The molecule has 2 aromatic heterocycles. The van der Waals surface area contributed by atoms with Crippen LogP contribution in [-0.4, -0.2) is 91.1 Å². The van der Waals surface area contributed by atoms with Crippen molar-refractivity contribution in [1.29, 1.82) is 5.41 Å². The van der Waals surface area contributed by atoms with Gasteiger partial charge in [-0.2, -0.15) is 13.2 Å². The van der Waals surface area contributed by atoms with E-state index >= 15 is 0 Å². The van der Waals surface area contributed by atoms with E-state index in [4.69, 9.17) is 25.6 Å². The standard InChI is InChI=1S/C27H35F3N8O3/c1-26(2,3)41-25(39)38-9-8-37(15-20(16-38)40-4)24-7-5-6-23(36-24)35-22-10-21(34-14-19(22)12-32)18(11-31)13-33-17-27(28,29)30/h5-7,10-14,20,32H,8-9,15-17,31H2,1-4H3,(H,34,35,36)/t20-/m1/s1. The van der Waals surface area contributed by atoms with Gasteiger partial charge >= 0.3 is 12.3 Å². The molecule has 1 aliphatic rings. The molecule has 4 N–H and O–H groups in total. The van der Waals surface area contributed by atoms with Crippen molar-refractivity contribution in [2.75, 3.05) is 50.1 Å². The molecule has 11 nitrogen and oxygen atoms in total. The van der Waals surface area contributed by atoms with E-state index in [-0.39, 0.29) is 17.4 Å². The maximum atomic E-state index is 12.7. The molecule has 1 saturated heterocycles. The summed E-state index contributed by atoms with van der Waals surface area (Å²) >= 11 is 0. The Morgan fingerprint density at radius 1 is 1.27 bits per heavy atom. The number of nitrogens with two attached hydrogens (primary N) is 1. The maximum Gasteiger partial charge on any atom is 0.410 e. The molecule has 0 bridgehead atoms. The number of ether oxygens (including phenoxy) is 2. The average molecular weight is 577 g/mol. The number of alkyl halides is 3. The molecule has 41 heavy (non-hydrogen) atoms. The number of pyridine rings is 2. The molecule has 0 radical (unpaired) electrons. The lowest BCUT2D eigenvalue weighted by Gasteiger charge is -2.27. The second-order valence-electron chi connectivity index (χ2n) is 10.2. The maximum absolute atomic E-state index is 12.7. The first-order valence-electron chi connectivity index (χ1n) is 12.8. The Morgan fingerprint density at radius 3 is 2.66 bits per heavy atom. The lowest BCUT2D eigenvalue weighted by atomic mass is 10.1. The fourth-order valence-corrected chi connectivity index (χ4v) is 3.92. The van der Waals surface area contributed by atoms with Crippen LogP contribution >= 0.6 is 0 Å². The predicted octanol–water partition coefficient (Wildman–Crippen LogP) is 4.22. The van der Waals surface area contributed by atoms with Gasteiger partial charge in [0.05, 0.1) is 24.0 Å². The monoisotopic (exact) mass is 576 g/mol. The highest BCUT2D eigenvalue weighted by atomic mass is 19.4. The zero-order valence-electron chi connectivity index (χ0n) is 23.4. The van der Waals surface area contributed by atoms with E-state index in [1.54, 1.807) is 24.1 Å². The van der Waals surface area contributed by atoms with Gasteiger partial charge in [-0.3, -0.25) is 9.98 Å². The van der Waals surface area contributed by atoms with E-state index in [0.717, 1.165) is 18.6 Å². The van der Waals surface area contributed by atoms with Gasteiger partial charge < -0.3 is 35.7 Å². The number of carbonyl (C=O) groups excluding carboxylic acids is 1. The lowest BCUT2D eigenvalue weighted by molar-refractivity contribution is -0.118. The van der Waals surface area contributed by atoms with Crippen molar-refractivity contribution in [3.63, 3.8) is 0 Å². The molecule has 1 aliphatic heterocycles. The third kappa shape index (κ3) is 9.45. The number of amides is 1. The summed E-state index contributed by atoms with van der Waals surface area (Å²) in [5, 5.41) is 10.9. The highest BCUT2D eigenvalue weighted by Gasteiger charge is 2.29. The van der Waals surface area contributed by atoms with Gasteiger partial charge in [-0.1, -0.05) is 6.07 Å². The van der Waals surface area contributed by atoms with Crippen LogP contribution in [0.5, 0.6) is 0 Å². The summed E-state index contributed by atoms with van der Waals surface area (Å²) in [4.78, 5) is 28.6. The molecule has 3 heterocycles. The van der Waals surface area contributed by atoms with Crippen molar-refractivity contribution < 1.29 is 27.4 Å². The number of nitrogens with one attached hydrogen (secondary N) is 2. The predicted molar refractivity (Wildman–Crippen MR) is 152 cm³/mol. The molecule has 0 aromatic carbocycles. The summed E-state index contributed by atoms with van der Waals surface area (Å²) < 4.78 is 48.7. The van der Waals surface area contributed by atoms with E-state index in [2.05, 4.69) is 15.3 Å². The minimum Gasteiger partial charge on any atom is -0.444 e. The number of hydrogen-bond donors (Lipinski definition) is 3. The Hall–Kier alpha value is -4.20. The number of halogens is 3. The van der Waals surface area contributed by atoms with E-state index in [9.17, 15) is 18.0 Å². The zero-order chi connectivity index (χ0) is 30.2. The number of carbonyl (C=O) groups is 1. The number of allylic oxidation sites excluding steroid dienone is 1. The lowest BCUT2D eigenvalue weighted by Crippen LogP contribution is -2.41. The molecule has 1 amide bonds. The number of aromatic nitrogens is 2. The molecule has 0 spiro atoms. The molecule has 3 rings (SSSR count). The van der Waals surface area contributed by atoms with Crippen LogP contribution in [-0.2, 0) is 9.47 Å². The van der Waals surface area contributed by atoms with Gasteiger partial charge in [-0.05, 0) is 39.0 Å². The van der Waals surface area contributed by atoms with Crippen molar-refractivity contribution in [3.8, 4) is 0 Å². The van der Waals surface area contributed by atoms with Gasteiger partial charge in [0.2, 0.25) is 0 Å². The molecule has 0 saturated carbocycles. The van der Waals surface area contributed by atoms with E-state index in [1.807, 2.05) is 37.8 Å². The van der Waals surface area contributed by atoms with Gasteiger partial charge in [-0.25, -0.2) is 9.78 Å². The fourth-order valence-electron chi connectivity index (χ4n) is 3.92. The molecule has 1 fully saturated rings. The van der Waals surface area contributed by atoms with E-state index < -0.39 is 24.4 Å². The molecule has 14 heteroatoms. The van der Waals surface area contributed by atoms with Crippen molar-refractivity contribution in [1.82, 2.24) is 14.9 Å². The summed E-state index contributed by atoms with van der Waals surface area (Å²) in [6.45, 7) is 5.85. The highest BCUT2D eigenvalue weighted by Crippen LogP contribution is 2.25. The number of anilines is 3. The Morgan fingerprint density at radius 2 is 2.02 bits per heavy atom. The Bertz CT molecular complexity index is 1280. The van der Waals surface area contributed by atoms with Gasteiger partial charge in [0.1, 0.15) is 23.8 Å². The smallest absolute Gasteiger partial charge is 0.410 e. The van der Waals surface area contributed by atoms with Crippen LogP contribution in [0.25, 0.3) is 5.57 Å². The Kier molecular flexibility index (Phi) is 10.3. The number of aliphatic imine (C=N–C) groups is 1. The van der Waals surface area contributed by atoms with Crippen molar-refractivity contribution in [2.24, 2.45) is 10.7 Å². The minimum atomic E-state index is -4.44. The molecule has 2 aromatic rings. The minimum absolute atomic E-state index is 0.181. The van der Waals surface area contributed by atoms with Crippen LogP contribution in [0.1, 0.15) is 32.0 Å². The molecular formula is C27H35F3N8O3. The summed E-state index contributed by atoms with van der Waals surface area (Å²) in [5.74, 6) is 1.09. The number of nitrogens with zero attached hydrogens (tertiary/aromatic N) is 5. The first-order chi connectivity index (χ1) is 19.3. The molecule has 222 valence electrons. The summed E-state index contributed by atoms with van der Waals surface area (Å²) in [7, 11) is 1.59. The van der Waals surface area contributed by atoms with E-state index in [1.165, 1.54) is 6.20 Å². The van der Waals surface area contributed by atoms with E-state index in [0.29, 0.717) is 49.1 Å². The van der Waals surface area contributed by atoms with Crippen molar-refractivity contribution >= 4 is 41.4 Å². The normalized spacial score (nSPS) is 17.0. The largest absolute Gasteiger partial charge is 0.444 e. The summed E-state index contributed by atoms with van der Waals surface area (Å²) in [5.41, 5.74) is 6.32. The SMILES string of the molecule is CO[C@H]1CN(C(=O)OC(C)(C)C)CCN(c2cccc(Nc3cc(C(C=NCC(F)(F)F)=CN)ncc3C=N)n2)C1. The van der Waals surface area contributed by atoms with Gasteiger partial charge in [0, 0.05) is 62.7 Å². The second kappa shape index (κ2) is 13.4. The third-order valence-electron chi connectivity index (χ3n) is 5.86. The zero-order valence-corrected chi connectivity index (χ0v) is 23.4. The van der Waals surface area contributed by atoms with Crippen LogP contribution in [0.4, 0.5) is 35.3 Å². The molecule has 1 atom stereocenters. The number of hydrogen-bond acceptors (Lipinski definition) is 10. The van der Waals surface area contributed by atoms with Gasteiger partial charge in [0.15, 0.2) is 0 Å². The van der Waals surface area contributed by atoms with Crippen LogP contribution in [0, 0.1) is 5.41 Å². The quantitative estimate of drug-likeness (QED) is 0.397. The Balaban J connectivity index is 1.81. The average Bonchev–Trinajstić information content (AvgIpc) is 3.13. The number of methoxy groups -OCH3 is 1. The molecule has 0 aliphatic carbocycles. The van der Waals surface area contributed by atoms with Crippen LogP contribution < -0.4 is 16.0 Å². The number of rotatable bonds is 8. The topological polar surface area (TPSA) is 142 Å². The van der Waals surface area contributed by atoms with Gasteiger partial charge in [-0.15, -0.1) is 0 Å². The van der Waals surface area contributed by atoms with Crippen LogP contribution in [0.2, 0.25) is 0 Å². The Labute approximate surface area is 236 Å². The highest BCUT2D eigenvalue weighted by molar-refractivity contribution is 6.09. The molecular weight excluding hydrogens is 541 g/mol. The van der Waals surface area contributed by atoms with Crippen molar-refractivity contribution in [2.45, 2.75) is 38.7 Å². The third-order valence-corrected chi connectivity index (χ3v) is 5.86. The summed E-state index contributed by atoms with van der Waals surface area (Å²) in [6, 6.07) is 6.94. The first kappa shape index (κ1) is 31.3. The first-order valence-corrected chi connectivity index (χ1v) is 12.8. The van der Waals surface area contributed by atoms with Crippen LogP contribution in [0.15, 0.2) is 41.7 Å². The van der Waals surface area contributed by atoms with Crippen LogP contribution in [0.3, 0.4) is 0 Å². The molecule has 0 unspecified atom stereocenters. The van der Waals surface area contributed by atoms with Gasteiger partial charge in [0.25, 0.3) is 0 Å². The van der Waals surface area contributed by atoms with Crippen molar-refractivity contribution in [3.05, 3.63) is 47.9 Å². The fraction of sp³-hybridized carbons (Fsp3) is 0.444.